The molecule has 0 saturated heterocycles. The van der Waals surface area contributed by atoms with Crippen LogP contribution in [0.4, 0.5) is 9.52 Å². The van der Waals surface area contributed by atoms with Gasteiger partial charge in [-0.15, -0.1) is 0 Å². The number of hydrogen-bond donors (Lipinski definition) is 1. The molecule has 0 bridgehead atoms. The Morgan fingerprint density at radius 1 is 1.33 bits per heavy atom. The van der Waals surface area contributed by atoms with Gasteiger partial charge in [0.25, 0.3) is 0 Å². The highest BCUT2D eigenvalue weighted by Gasteiger charge is 2.29. The fourth-order valence-corrected chi connectivity index (χ4v) is 4.24. The van der Waals surface area contributed by atoms with Gasteiger partial charge in [-0.2, -0.15) is 0 Å². The van der Waals surface area contributed by atoms with Gasteiger partial charge < -0.3 is 4.90 Å². The number of quaternary nitrogens is 1. The molecule has 1 aromatic heterocycles. The van der Waals surface area contributed by atoms with Gasteiger partial charge in [-0.1, -0.05) is 36.7 Å². The van der Waals surface area contributed by atoms with Crippen molar-refractivity contribution in [2.45, 2.75) is 32.1 Å². The smallest absolute Gasteiger partial charge is 0.232 e. The second kappa shape index (κ2) is 7.57. The minimum absolute atomic E-state index is 0.0905. The Bertz CT molecular complexity index is 709. The number of para-hydroxylation sites is 1. The zero-order valence-electron chi connectivity index (χ0n) is 14.3. The zero-order chi connectivity index (χ0) is 17.1. The van der Waals surface area contributed by atoms with Crippen LogP contribution in [0.3, 0.4) is 0 Å². The summed E-state index contributed by atoms with van der Waals surface area (Å²) in [5.74, 6) is -0.0681. The summed E-state index contributed by atoms with van der Waals surface area (Å²) in [6.45, 7) is 1.47. The highest BCUT2D eigenvalue weighted by Crippen LogP contribution is 2.33. The molecule has 0 atom stereocenters. The number of benzene rings is 1. The predicted octanol–water partition coefficient (Wildman–Crippen LogP) is 2.49. The van der Waals surface area contributed by atoms with Crippen LogP contribution in [0.15, 0.2) is 18.2 Å². The van der Waals surface area contributed by atoms with E-state index in [1.54, 1.807) is 11.0 Å². The van der Waals surface area contributed by atoms with Crippen LogP contribution in [0.5, 0.6) is 0 Å². The van der Waals surface area contributed by atoms with Crippen molar-refractivity contribution < 1.29 is 14.1 Å². The van der Waals surface area contributed by atoms with Crippen molar-refractivity contribution in [1.82, 2.24) is 4.98 Å². The number of thiazole rings is 1. The van der Waals surface area contributed by atoms with Crippen molar-refractivity contribution in [3.05, 3.63) is 24.0 Å². The minimum Gasteiger partial charge on any atom is -0.338 e. The number of anilines is 1. The summed E-state index contributed by atoms with van der Waals surface area (Å²) >= 11 is 1.41. The normalized spacial score (nSPS) is 16.0. The zero-order valence-corrected chi connectivity index (χ0v) is 15.2. The van der Waals surface area contributed by atoms with E-state index in [1.807, 2.05) is 6.07 Å². The molecule has 2 aromatic rings. The first kappa shape index (κ1) is 17.3. The fourth-order valence-electron chi connectivity index (χ4n) is 3.22. The molecule has 1 fully saturated rings. The fraction of sp³-hybridized carbons (Fsp3) is 0.556. The molecule has 0 radical (unpaired) electrons. The van der Waals surface area contributed by atoms with Gasteiger partial charge in [0.15, 0.2) is 5.13 Å². The largest absolute Gasteiger partial charge is 0.338 e. The number of carbonyl (C=O) groups excluding carboxylic acids is 1. The van der Waals surface area contributed by atoms with E-state index >= 15 is 0 Å². The monoisotopic (exact) mass is 350 g/mol. The number of nitrogens with zero attached hydrogens (tertiary/aromatic N) is 2. The predicted molar refractivity (Wildman–Crippen MR) is 96.2 cm³/mol. The summed E-state index contributed by atoms with van der Waals surface area (Å²) in [6.07, 6.45) is 5.39. The molecule has 0 aliphatic heterocycles. The third-order valence-electron chi connectivity index (χ3n) is 4.65. The molecule has 1 amide bonds. The first-order chi connectivity index (χ1) is 11.6. The molecular weight excluding hydrogens is 325 g/mol. The van der Waals surface area contributed by atoms with E-state index in [9.17, 15) is 9.18 Å². The van der Waals surface area contributed by atoms with Crippen LogP contribution in [0.1, 0.15) is 32.1 Å². The van der Waals surface area contributed by atoms with E-state index in [1.165, 1.54) is 28.7 Å². The quantitative estimate of drug-likeness (QED) is 0.900. The Kier molecular flexibility index (Phi) is 5.46. The number of hydrogen-bond acceptors (Lipinski definition) is 3. The molecule has 1 aliphatic carbocycles. The molecule has 0 unspecified atom stereocenters. The average molecular weight is 350 g/mol. The molecule has 6 heteroatoms. The lowest BCUT2D eigenvalue weighted by Crippen LogP contribution is -3.06. The van der Waals surface area contributed by atoms with E-state index in [4.69, 9.17) is 0 Å². The van der Waals surface area contributed by atoms with Gasteiger partial charge in [-0.3, -0.25) is 9.69 Å². The van der Waals surface area contributed by atoms with Gasteiger partial charge in [-0.25, -0.2) is 9.37 Å². The van der Waals surface area contributed by atoms with Gasteiger partial charge in [0.2, 0.25) is 5.91 Å². The standard InChI is InChI=1S/C18H24FN3OS/c1-21(2)11-12-22(17(23)13-7-4-3-5-8-13)18-20-16-14(19)9-6-10-15(16)24-18/h6,9-10,13H,3-5,7-8,11-12H2,1-2H3/p+1. The molecule has 3 rings (SSSR count). The van der Waals surface area contributed by atoms with Crippen molar-refractivity contribution in [3.8, 4) is 0 Å². The van der Waals surface area contributed by atoms with Gasteiger partial charge in [0.05, 0.1) is 31.9 Å². The summed E-state index contributed by atoms with van der Waals surface area (Å²) in [5.41, 5.74) is 0.371. The molecule has 0 spiro atoms. The molecule has 1 heterocycles. The van der Waals surface area contributed by atoms with Crippen molar-refractivity contribution in [2.24, 2.45) is 5.92 Å². The first-order valence-corrected chi connectivity index (χ1v) is 9.53. The Labute approximate surface area is 146 Å². The maximum absolute atomic E-state index is 14.0. The van der Waals surface area contributed by atoms with E-state index in [-0.39, 0.29) is 17.6 Å². The van der Waals surface area contributed by atoms with E-state index in [0.29, 0.717) is 17.2 Å². The topological polar surface area (TPSA) is 37.6 Å². The molecule has 130 valence electrons. The molecule has 1 aliphatic rings. The van der Waals surface area contributed by atoms with Crippen LogP contribution in [-0.4, -0.2) is 38.1 Å². The summed E-state index contributed by atoms with van der Waals surface area (Å²) in [4.78, 5) is 20.6. The third kappa shape index (κ3) is 3.75. The summed E-state index contributed by atoms with van der Waals surface area (Å²) in [6, 6.07) is 4.97. The number of rotatable bonds is 5. The maximum Gasteiger partial charge on any atom is 0.232 e. The number of aromatic nitrogens is 1. The molecule has 24 heavy (non-hydrogen) atoms. The second-order valence-electron chi connectivity index (χ2n) is 6.86. The number of likely N-dealkylation sites (N-methyl/N-ethyl adjacent to an activating group) is 1. The number of fused-ring (bicyclic) bond motifs is 1. The Morgan fingerprint density at radius 2 is 2.08 bits per heavy atom. The summed E-state index contributed by atoms with van der Waals surface area (Å²) in [5, 5.41) is 0.631. The Hall–Kier alpha value is -1.53. The minimum atomic E-state index is -0.321. The van der Waals surface area contributed by atoms with Gasteiger partial charge in [0, 0.05) is 5.92 Å². The molecule has 1 saturated carbocycles. The van der Waals surface area contributed by atoms with E-state index in [2.05, 4.69) is 19.1 Å². The van der Waals surface area contributed by atoms with Gasteiger partial charge >= 0.3 is 0 Å². The van der Waals surface area contributed by atoms with Crippen LogP contribution in [0.25, 0.3) is 10.2 Å². The lowest BCUT2D eigenvalue weighted by atomic mass is 9.88. The van der Waals surface area contributed by atoms with Crippen molar-refractivity contribution in [2.75, 3.05) is 32.1 Å². The van der Waals surface area contributed by atoms with Crippen molar-refractivity contribution >= 4 is 32.6 Å². The number of amides is 1. The summed E-state index contributed by atoms with van der Waals surface area (Å²) < 4.78 is 14.8. The highest BCUT2D eigenvalue weighted by molar-refractivity contribution is 7.22. The molecular formula is C18H25FN3OS+. The number of carbonyl (C=O) groups is 1. The van der Waals surface area contributed by atoms with Crippen LogP contribution >= 0.6 is 11.3 Å². The van der Waals surface area contributed by atoms with Crippen LogP contribution in [0.2, 0.25) is 0 Å². The van der Waals surface area contributed by atoms with Crippen LogP contribution in [0, 0.1) is 11.7 Å². The van der Waals surface area contributed by atoms with E-state index < -0.39 is 0 Å². The van der Waals surface area contributed by atoms with E-state index in [0.717, 1.165) is 36.9 Å². The Morgan fingerprint density at radius 3 is 2.75 bits per heavy atom. The molecule has 4 nitrogen and oxygen atoms in total. The SMILES string of the molecule is C[NH+](C)CCN(C(=O)C1CCCCC1)c1nc2c(F)cccc2s1. The highest BCUT2D eigenvalue weighted by atomic mass is 32.1. The van der Waals surface area contributed by atoms with Gasteiger partial charge in [0.1, 0.15) is 11.3 Å². The second-order valence-corrected chi connectivity index (χ2v) is 7.87. The molecule has 1 aromatic carbocycles. The maximum atomic E-state index is 14.0. The Balaban J connectivity index is 1.90. The van der Waals surface area contributed by atoms with Crippen molar-refractivity contribution in [1.29, 1.82) is 0 Å². The lowest BCUT2D eigenvalue weighted by molar-refractivity contribution is -0.856. The number of nitrogens with one attached hydrogen (secondary N) is 1. The summed E-state index contributed by atoms with van der Waals surface area (Å²) in [7, 11) is 4.14. The van der Waals surface area contributed by atoms with Gasteiger partial charge in [-0.05, 0) is 25.0 Å². The van der Waals surface area contributed by atoms with Crippen LogP contribution in [-0.2, 0) is 4.79 Å². The molecule has 1 N–H and O–H groups in total. The lowest BCUT2D eigenvalue weighted by Gasteiger charge is -2.27. The first-order valence-electron chi connectivity index (χ1n) is 8.71. The third-order valence-corrected chi connectivity index (χ3v) is 5.69. The number of halogens is 1. The van der Waals surface area contributed by atoms with Crippen LogP contribution < -0.4 is 9.80 Å². The van der Waals surface area contributed by atoms with Crippen molar-refractivity contribution in [3.63, 3.8) is 0 Å². The average Bonchev–Trinajstić information content (AvgIpc) is 3.01.